The zero-order chi connectivity index (χ0) is 14.1. The van der Waals surface area contributed by atoms with Gasteiger partial charge >= 0.3 is 0 Å². The molecule has 0 aliphatic carbocycles. The number of hydrogen-bond donors (Lipinski definition) is 2. The molecule has 0 amide bonds. The van der Waals surface area contributed by atoms with E-state index in [1.165, 1.54) is 35.7 Å². The summed E-state index contributed by atoms with van der Waals surface area (Å²) < 4.78 is 2.15. The van der Waals surface area contributed by atoms with E-state index in [0.717, 1.165) is 11.6 Å². The summed E-state index contributed by atoms with van der Waals surface area (Å²) in [5, 5.41) is 5.70. The molecule has 3 nitrogen and oxygen atoms in total. The van der Waals surface area contributed by atoms with E-state index in [4.69, 9.17) is 17.3 Å². The average Bonchev–Trinajstić information content (AvgIpc) is 2.78. The highest BCUT2D eigenvalue weighted by Gasteiger charge is 2.26. The third kappa shape index (κ3) is 2.46. The zero-order valence-corrected chi connectivity index (χ0v) is 12.7. The van der Waals surface area contributed by atoms with Gasteiger partial charge < -0.3 is 15.6 Å². The summed E-state index contributed by atoms with van der Waals surface area (Å²) in [4.78, 5) is 0. The molecule has 2 atom stereocenters. The van der Waals surface area contributed by atoms with Crippen LogP contribution in [0.4, 0.5) is 0 Å². The quantitative estimate of drug-likeness (QED) is 0.913. The lowest BCUT2D eigenvalue weighted by atomic mass is 9.86. The van der Waals surface area contributed by atoms with Crippen LogP contribution in [0.2, 0.25) is 5.02 Å². The van der Waals surface area contributed by atoms with Crippen molar-refractivity contribution in [1.29, 1.82) is 0 Å². The van der Waals surface area contributed by atoms with Gasteiger partial charge in [-0.25, -0.2) is 0 Å². The van der Waals surface area contributed by atoms with Crippen LogP contribution in [0, 0.1) is 0 Å². The molecular weight excluding hydrogens is 270 g/mol. The fraction of sp³-hybridized carbons (Fsp3) is 0.500. The number of nitrogens with one attached hydrogen (secondary N) is 1. The van der Waals surface area contributed by atoms with Gasteiger partial charge in [-0.2, -0.15) is 0 Å². The largest absolute Gasteiger partial charge is 0.350 e. The molecule has 4 heteroatoms. The number of nitrogens with zero attached hydrogens (tertiary/aromatic N) is 1. The molecule has 1 aliphatic rings. The number of aryl methyl sites for hydroxylation is 1. The summed E-state index contributed by atoms with van der Waals surface area (Å²) in [5.41, 5.74) is 8.62. The molecule has 3 N–H and O–H groups in total. The van der Waals surface area contributed by atoms with Gasteiger partial charge in [0.15, 0.2) is 0 Å². The molecule has 1 aromatic heterocycles. The number of fused-ring (bicyclic) bond motifs is 1. The predicted octanol–water partition coefficient (Wildman–Crippen LogP) is 3.02. The topological polar surface area (TPSA) is 43.0 Å². The van der Waals surface area contributed by atoms with Crippen LogP contribution < -0.4 is 11.1 Å². The van der Waals surface area contributed by atoms with E-state index >= 15 is 0 Å². The molecule has 1 saturated heterocycles. The number of piperidine rings is 1. The second kappa shape index (κ2) is 5.76. The maximum absolute atomic E-state index is 6.11. The summed E-state index contributed by atoms with van der Waals surface area (Å²) in [6.07, 6.45) is 6.00. The van der Waals surface area contributed by atoms with Gasteiger partial charge in [-0.3, -0.25) is 0 Å². The third-order valence-electron chi connectivity index (χ3n) is 4.47. The molecule has 0 radical (unpaired) electrons. The Morgan fingerprint density at radius 1 is 1.45 bits per heavy atom. The van der Waals surface area contributed by atoms with E-state index in [2.05, 4.69) is 29.2 Å². The van der Waals surface area contributed by atoms with Gasteiger partial charge in [0.05, 0.1) is 0 Å². The minimum absolute atomic E-state index is 0.375. The second-order valence-electron chi connectivity index (χ2n) is 5.76. The van der Waals surface area contributed by atoms with E-state index in [0.29, 0.717) is 18.5 Å². The van der Waals surface area contributed by atoms with Crippen molar-refractivity contribution in [2.45, 2.75) is 31.2 Å². The lowest BCUT2D eigenvalue weighted by molar-refractivity contribution is 0.353. The van der Waals surface area contributed by atoms with E-state index in [9.17, 15) is 0 Å². The molecule has 1 aromatic carbocycles. The second-order valence-corrected chi connectivity index (χ2v) is 6.19. The summed E-state index contributed by atoms with van der Waals surface area (Å²) >= 11 is 6.11. The van der Waals surface area contributed by atoms with Crippen LogP contribution >= 0.6 is 11.6 Å². The van der Waals surface area contributed by atoms with Crippen LogP contribution in [0.1, 0.15) is 30.7 Å². The van der Waals surface area contributed by atoms with Crippen LogP contribution in [-0.4, -0.2) is 23.7 Å². The van der Waals surface area contributed by atoms with Crippen molar-refractivity contribution in [1.82, 2.24) is 9.88 Å². The molecule has 1 aliphatic heterocycles. The number of nitrogens with two attached hydrogens (primary N) is 1. The number of hydrogen-bond acceptors (Lipinski definition) is 2. The molecule has 0 saturated carbocycles. The molecule has 2 aromatic rings. The SMILES string of the molecule is Cn1cc(C(CN)C2CCCCN2)c2ccc(Cl)cc21. The lowest BCUT2D eigenvalue weighted by Gasteiger charge is -2.30. The Labute approximate surface area is 125 Å². The standard InChI is InChI=1S/C16H22ClN3/c1-20-10-14(12-6-5-11(17)8-16(12)20)13(9-18)15-4-2-3-7-19-15/h5-6,8,10,13,15,19H,2-4,7,9,18H2,1H3. The Bertz CT molecular complexity index is 599. The Kier molecular flexibility index (Phi) is 4.01. The van der Waals surface area contributed by atoms with E-state index in [-0.39, 0.29) is 0 Å². The zero-order valence-electron chi connectivity index (χ0n) is 11.9. The Morgan fingerprint density at radius 2 is 2.30 bits per heavy atom. The molecule has 0 bridgehead atoms. The molecule has 20 heavy (non-hydrogen) atoms. The molecule has 3 rings (SSSR count). The first-order valence-corrected chi connectivity index (χ1v) is 7.76. The molecule has 1 fully saturated rings. The number of benzene rings is 1. The highest BCUT2D eigenvalue weighted by Crippen LogP contribution is 2.32. The molecule has 2 unspecified atom stereocenters. The van der Waals surface area contributed by atoms with Crippen molar-refractivity contribution in [2.24, 2.45) is 12.8 Å². The first-order valence-electron chi connectivity index (χ1n) is 7.38. The van der Waals surface area contributed by atoms with Gasteiger partial charge in [0, 0.05) is 47.7 Å². The van der Waals surface area contributed by atoms with Gasteiger partial charge in [0.2, 0.25) is 0 Å². The van der Waals surface area contributed by atoms with Gasteiger partial charge in [-0.1, -0.05) is 24.1 Å². The molecule has 108 valence electrons. The Morgan fingerprint density at radius 3 is 3.00 bits per heavy atom. The van der Waals surface area contributed by atoms with Crippen molar-refractivity contribution < 1.29 is 0 Å². The minimum Gasteiger partial charge on any atom is -0.350 e. The maximum Gasteiger partial charge on any atom is 0.0495 e. The van der Waals surface area contributed by atoms with Crippen molar-refractivity contribution in [2.75, 3.05) is 13.1 Å². The summed E-state index contributed by atoms with van der Waals surface area (Å²) in [7, 11) is 2.07. The van der Waals surface area contributed by atoms with Crippen molar-refractivity contribution in [3.63, 3.8) is 0 Å². The van der Waals surface area contributed by atoms with Crippen LogP contribution in [0.3, 0.4) is 0 Å². The molecule has 2 heterocycles. The van der Waals surface area contributed by atoms with E-state index < -0.39 is 0 Å². The third-order valence-corrected chi connectivity index (χ3v) is 4.71. The van der Waals surface area contributed by atoms with Crippen LogP contribution in [0.5, 0.6) is 0 Å². The minimum atomic E-state index is 0.375. The van der Waals surface area contributed by atoms with Gasteiger partial charge in [0.25, 0.3) is 0 Å². The van der Waals surface area contributed by atoms with E-state index in [1.54, 1.807) is 0 Å². The average molecular weight is 292 g/mol. The first-order chi connectivity index (χ1) is 9.70. The smallest absolute Gasteiger partial charge is 0.0495 e. The summed E-state index contributed by atoms with van der Waals surface area (Å²) in [6.45, 7) is 1.79. The lowest BCUT2D eigenvalue weighted by Crippen LogP contribution is -2.41. The number of aromatic nitrogens is 1. The molecular formula is C16H22ClN3. The van der Waals surface area contributed by atoms with Crippen molar-refractivity contribution >= 4 is 22.5 Å². The summed E-state index contributed by atoms with van der Waals surface area (Å²) in [5.74, 6) is 0.375. The number of halogens is 1. The fourth-order valence-electron chi connectivity index (χ4n) is 3.41. The monoisotopic (exact) mass is 291 g/mol. The fourth-order valence-corrected chi connectivity index (χ4v) is 3.58. The number of rotatable bonds is 3. The summed E-state index contributed by atoms with van der Waals surface area (Å²) in [6, 6.07) is 6.62. The highest BCUT2D eigenvalue weighted by molar-refractivity contribution is 6.31. The Hall–Kier alpha value is -1.03. The first kappa shape index (κ1) is 13.9. The van der Waals surface area contributed by atoms with Crippen molar-refractivity contribution in [3.05, 3.63) is 35.0 Å². The normalized spacial score (nSPS) is 21.2. The van der Waals surface area contributed by atoms with Crippen LogP contribution in [-0.2, 0) is 7.05 Å². The van der Waals surface area contributed by atoms with E-state index in [1.807, 2.05) is 12.1 Å². The molecule has 0 spiro atoms. The van der Waals surface area contributed by atoms with Crippen molar-refractivity contribution in [3.8, 4) is 0 Å². The maximum atomic E-state index is 6.11. The Balaban J connectivity index is 2.03. The predicted molar refractivity (Wildman–Crippen MR) is 85.4 cm³/mol. The van der Waals surface area contributed by atoms with Gasteiger partial charge in [-0.15, -0.1) is 0 Å². The van der Waals surface area contributed by atoms with Gasteiger partial charge in [-0.05, 0) is 37.1 Å². The highest BCUT2D eigenvalue weighted by atomic mass is 35.5. The van der Waals surface area contributed by atoms with Gasteiger partial charge in [0.1, 0.15) is 0 Å². The van der Waals surface area contributed by atoms with Crippen LogP contribution in [0.25, 0.3) is 10.9 Å². The van der Waals surface area contributed by atoms with Crippen LogP contribution in [0.15, 0.2) is 24.4 Å².